The third-order valence-corrected chi connectivity index (χ3v) is 5.23. The van der Waals surface area contributed by atoms with Crippen LogP contribution in [0.1, 0.15) is 136 Å². The number of esters is 1. The first-order chi connectivity index (χ1) is 13.8. The molecule has 0 rings (SSSR count). The highest BCUT2D eigenvalue weighted by Gasteiger charge is 2.15. The maximum atomic E-state index is 11.6. The van der Waals surface area contributed by atoms with Crippen LogP contribution in [-0.2, 0) is 14.3 Å². The van der Waals surface area contributed by atoms with Gasteiger partial charge in [0.15, 0.2) is 0 Å². The Kier molecular flexibility index (Phi) is 18.2. The quantitative estimate of drug-likeness (QED) is 0.182. The molecule has 0 saturated heterocycles. The van der Waals surface area contributed by atoms with E-state index >= 15 is 0 Å². The summed E-state index contributed by atoms with van der Waals surface area (Å²) in [4.78, 5) is 22.7. The van der Waals surface area contributed by atoms with Gasteiger partial charge in [-0.05, 0) is 33.6 Å². The summed E-state index contributed by atoms with van der Waals surface area (Å²) in [5.74, 6) is 0.113. The van der Waals surface area contributed by atoms with Gasteiger partial charge in [0, 0.05) is 19.9 Å². The van der Waals surface area contributed by atoms with Crippen LogP contribution < -0.4 is 5.32 Å². The van der Waals surface area contributed by atoms with E-state index in [1.807, 2.05) is 20.8 Å². The Morgan fingerprint density at radius 3 is 1.21 bits per heavy atom. The summed E-state index contributed by atoms with van der Waals surface area (Å²) in [5.41, 5.74) is -0.355. The average molecular weight is 412 g/mol. The van der Waals surface area contributed by atoms with E-state index in [0.29, 0.717) is 12.8 Å². The fourth-order valence-electron chi connectivity index (χ4n) is 3.55. The van der Waals surface area contributed by atoms with Gasteiger partial charge in [0.1, 0.15) is 5.60 Å². The van der Waals surface area contributed by atoms with Crippen LogP contribution in [0.25, 0.3) is 0 Å². The molecule has 0 aliphatic rings. The number of rotatable bonds is 19. The molecular formula is C25H49NO3. The van der Waals surface area contributed by atoms with Gasteiger partial charge in [-0.25, -0.2) is 0 Å². The van der Waals surface area contributed by atoms with E-state index in [2.05, 4.69) is 5.32 Å². The molecule has 4 nitrogen and oxygen atoms in total. The highest BCUT2D eigenvalue weighted by Crippen LogP contribution is 2.15. The topological polar surface area (TPSA) is 55.4 Å². The van der Waals surface area contributed by atoms with Crippen LogP contribution in [0, 0.1) is 0 Å². The number of hydrogen-bond donors (Lipinski definition) is 1. The van der Waals surface area contributed by atoms with Crippen molar-refractivity contribution in [1.29, 1.82) is 0 Å². The van der Waals surface area contributed by atoms with Gasteiger partial charge in [-0.15, -0.1) is 0 Å². The molecule has 0 aromatic heterocycles. The highest BCUT2D eigenvalue weighted by atomic mass is 16.6. The minimum atomic E-state index is -0.355. The van der Waals surface area contributed by atoms with Crippen LogP contribution in [-0.4, -0.2) is 24.5 Å². The van der Waals surface area contributed by atoms with Gasteiger partial charge in [-0.1, -0.05) is 89.9 Å². The molecule has 0 saturated carbocycles. The van der Waals surface area contributed by atoms with Crippen molar-refractivity contribution in [2.75, 3.05) is 7.05 Å². The van der Waals surface area contributed by atoms with Gasteiger partial charge in [0.25, 0.3) is 0 Å². The van der Waals surface area contributed by atoms with Crippen molar-refractivity contribution in [3.8, 4) is 0 Å². The van der Waals surface area contributed by atoms with Gasteiger partial charge < -0.3 is 10.1 Å². The van der Waals surface area contributed by atoms with Crippen molar-refractivity contribution in [3.63, 3.8) is 0 Å². The Balaban J connectivity index is 3.15. The van der Waals surface area contributed by atoms with Crippen molar-refractivity contribution in [3.05, 3.63) is 0 Å². The van der Waals surface area contributed by atoms with Crippen molar-refractivity contribution in [1.82, 2.24) is 5.32 Å². The number of unbranched alkanes of at least 4 members (excludes halogenated alkanes) is 15. The summed E-state index contributed by atoms with van der Waals surface area (Å²) in [6.07, 6.45) is 21.6. The van der Waals surface area contributed by atoms with Crippen LogP contribution in [0.4, 0.5) is 0 Å². The Morgan fingerprint density at radius 1 is 0.586 bits per heavy atom. The lowest BCUT2D eigenvalue weighted by Crippen LogP contribution is -2.23. The summed E-state index contributed by atoms with van der Waals surface area (Å²) < 4.78 is 5.33. The van der Waals surface area contributed by atoms with Gasteiger partial charge >= 0.3 is 5.97 Å². The van der Waals surface area contributed by atoms with E-state index in [9.17, 15) is 9.59 Å². The lowest BCUT2D eigenvalue weighted by Gasteiger charge is -2.19. The number of hydrogen-bond acceptors (Lipinski definition) is 3. The molecule has 4 heteroatoms. The van der Waals surface area contributed by atoms with E-state index in [1.165, 1.54) is 83.5 Å². The number of nitrogens with one attached hydrogen (secondary N) is 1. The predicted octanol–water partition coefficient (Wildman–Crippen LogP) is 7.10. The first-order valence-electron chi connectivity index (χ1n) is 12.3. The zero-order chi connectivity index (χ0) is 21.8. The Bertz CT molecular complexity index is 401. The van der Waals surface area contributed by atoms with Gasteiger partial charge in [-0.3, -0.25) is 9.59 Å². The molecule has 0 atom stereocenters. The van der Waals surface area contributed by atoms with E-state index in [-0.39, 0.29) is 17.5 Å². The normalized spacial score (nSPS) is 11.4. The van der Waals surface area contributed by atoms with Crippen molar-refractivity contribution in [2.45, 2.75) is 142 Å². The molecule has 0 radical (unpaired) electrons. The maximum Gasteiger partial charge on any atom is 0.306 e. The van der Waals surface area contributed by atoms with Crippen molar-refractivity contribution < 1.29 is 14.3 Å². The summed E-state index contributed by atoms with van der Waals surface area (Å²) in [6.45, 7) is 5.76. The fraction of sp³-hybridized carbons (Fsp3) is 0.920. The second-order valence-corrected chi connectivity index (χ2v) is 9.42. The predicted molar refractivity (Wildman–Crippen MR) is 123 cm³/mol. The monoisotopic (exact) mass is 411 g/mol. The average Bonchev–Trinajstić information content (AvgIpc) is 2.65. The third kappa shape index (κ3) is 23.1. The maximum absolute atomic E-state index is 11.6. The first kappa shape index (κ1) is 27.9. The van der Waals surface area contributed by atoms with Crippen LogP contribution >= 0.6 is 0 Å². The van der Waals surface area contributed by atoms with E-state index < -0.39 is 0 Å². The summed E-state index contributed by atoms with van der Waals surface area (Å²) in [7, 11) is 1.71. The number of ether oxygens (including phenoxy) is 1. The Hall–Kier alpha value is -1.06. The smallest absolute Gasteiger partial charge is 0.306 e. The molecule has 0 heterocycles. The fourth-order valence-corrected chi connectivity index (χ4v) is 3.55. The number of carbonyl (C=O) groups excluding carboxylic acids is 2. The van der Waals surface area contributed by atoms with Crippen LogP contribution in [0.2, 0.25) is 0 Å². The lowest BCUT2D eigenvalue weighted by atomic mass is 10.0. The molecule has 29 heavy (non-hydrogen) atoms. The molecule has 172 valence electrons. The molecule has 0 aliphatic carbocycles. The third-order valence-electron chi connectivity index (χ3n) is 5.23. The van der Waals surface area contributed by atoms with Gasteiger partial charge in [0.2, 0.25) is 5.91 Å². The minimum absolute atomic E-state index is 0.0569. The van der Waals surface area contributed by atoms with Crippen LogP contribution in [0.3, 0.4) is 0 Å². The second kappa shape index (κ2) is 18.9. The summed E-state index contributed by atoms with van der Waals surface area (Å²) in [5, 5.41) is 2.67. The van der Waals surface area contributed by atoms with Gasteiger partial charge in [0.05, 0.1) is 0 Å². The van der Waals surface area contributed by atoms with Crippen molar-refractivity contribution >= 4 is 11.9 Å². The molecule has 0 unspecified atom stereocenters. The van der Waals surface area contributed by atoms with E-state index in [4.69, 9.17) is 4.74 Å². The van der Waals surface area contributed by atoms with Crippen LogP contribution in [0.5, 0.6) is 0 Å². The number of amides is 1. The standard InChI is InChI=1S/C25H49NO3/c1-25(2,3)29-24(28)22-20-18-16-14-12-10-8-6-5-7-9-11-13-15-17-19-21-23(27)26-4/h5-22H2,1-4H3,(H,26,27). The van der Waals surface area contributed by atoms with Gasteiger partial charge in [-0.2, -0.15) is 0 Å². The van der Waals surface area contributed by atoms with Crippen LogP contribution in [0.15, 0.2) is 0 Å². The second-order valence-electron chi connectivity index (χ2n) is 9.42. The summed E-state index contributed by atoms with van der Waals surface area (Å²) in [6, 6.07) is 0. The van der Waals surface area contributed by atoms with E-state index in [1.54, 1.807) is 7.05 Å². The summed E-state index contributed by atoms with van der Waals surface area (Å²) >= 11 is 0. The minimum Gasteiger partial charge on any atom is -0.460 e. The Labute approximate surface area is 180 Å². The molecule has 1 amide bonds. The molecule has 0 bridgehead atoms. The molecule has 0 aromatic rings. The lowest BCUT2D eigenvalue weighted by molar-refractivity contribution is -0.154. The molecule has 0 aliphatic heterocycles. The molecule has 0 aromatic carbocycles. The Morgan fingerprint density at radius 2 is 0.897 bits per heavy atom. The number of carbonyl (C=O) groups is 2. The molecule has 0 spiro atoms. The molecule has 1 N–H and O–H groups in total. The first-order valence-corrected chi connectivity index (χ1v) is 12.3. The van der Waals surface area contributed by atoms with E-state index in [0.717, 1.165) is 19.3 Å². The zero-order valence-corrected chi connectivity index (χ0v) is 20.0. The SMILES string of the molecule is CNC(=O)CCCCCCCCCCCCCCCCCCC(=O)OC(C)(C)C. The molecular weight excluding hydrogens is 362 g/mol. The highest BCUT2D eigenvalue weighted by molar-refractivity contribution is 5.75. The largest absolute Gasteiger partial charge is 0.460 e. The van der Waals surface area contributed by atoms with Crippen molar-refractivity contribution in [2.24, 2.45) is 0 Å². The zero-order valence-electron chi connectivity index (χ0n) is 20.0. The molecule has 0 fully saturated rings.